The second-order valence-electron chi connectivity index (χ2n) is 6.27. The van der Waals surface area contributed by atoms with Crippen molar-refractivity contribution in [2.45, 2.75) is 41.0 Å². The van der Waals surface area contributed by atoms with Crippen LogP contribution in [0.15, 0.2) is 11.1 Å². The Hall–Kier alpha value is -1.65. The van der Waals surface area contributed by atoms with Crippen molar-refractivity contribution < 1.29 is 19.5 Å². The average molecular weight is 267 g/mol. The predicted molar refractivity (Wildman–Crippen MR) is 70.3 cm³/mol. The number of rotatable bonds is 4. The predicted octanol–water partition coefficient (Wildman–Crippen LogP) is 1.83. The van der Waals surface area contributed by atoms with Crippen LogP contribution in [-0.2, 0) is 14.4 Å². The van der Waals surface area contributed by atoms with Crippen molar-refractivity contribution >= 4 is 17.8 Å². The van der Waals surface area contributed by atoms with Gasteiger partial charge in [0.05, 0.1) is 5.92 Å². The first kappa shape index (κ1) is 15.4. The summed E-state index contributed by atoms with van der Waals surface area (Å²) in [6, 6.07) is 0. The van der Waals surface area contributed by atoms with Crippen molar-refractivity contribution in [3.8, 4) is 0 Å². The van der Waals surface area contributed by atoms with Gasteiger partial charge in [-0.25, -0.2) is 0 Å². The van der Waals surface area contributed by atoms with E-state index in [9.17, 15) is 19.5 Å². The van der Waals surface area contributed by atoms with E-state index in [0.29, 0.717) is 17.6 Å². The van der Waals surface area contributed by atoms with Gasteiger partial charge in [-0.3, -0.25) is 19.3 Å². The fourth-order valence-corrected chi connectivity index (χ4v) is 2.17. The molecule has 5 nitrogen and oxygen atoms in total. The van der Waals surface area contributed by atoms with Gasteiger partial charge in [0, 0.05) is 17.7 Å². The maximum atomic E-state index is 11.9. The standard InChI is InChI=1S/C14H21NO4/c1-8-9(2)12(17)15(11(8)16)7-10(13(18)19)6-14(3,4)5/h10H,6-7H2,1-5H3,(H,18,19). The van der Waals surface area contributed by atoms with E-state index >= 15 is 0 Å². The minimum absolute atomic E-state index is 0.0566. The van der Waals surface area contributed by atoms with Crippen LogP contribution in [0.5, 0.6) is 0 Å². The molecule has 1 aliphatic heterocycles. The molecule has 0 fully saturated rings. The molecule has 0 bridgehead atoms. The first-order chi connectivity index (χ1) is 8.54. The molecule has 0 saturated carbocycles. The first-order valence-corrected chi connectivity index (χ1v) is 6.31. The van der Waals surface area contributed by atoms with E-state index in [4.69, 9.17) is 0 Å². The molecule has 0 saturated heterocycles. The fourth-order valence-electron chi connectivity index (χ4n) is 2.17. The molecule has 1 aliphatic rings. The van der Waals surface area contributed by atoms with Crippen molar-refractivity contribution in [2.24, 2.45) is 11.3 Å². The molecule has 5 heteroatoms. The van der Waals surface area contributed by atoms with Crippen LogP contribution in [0, 0.1) is 11.3 Å². The molecule has 1 unspecified atom stereocenters. The third-order valence-electron chi connectivity index (χ3n) is 3.31. The molecule has 0 aliphatic carbocycles. The zero-order valence-electron chi connectivity index (χ0n) is 12.1. The van der Waals surface area contributed by atoms with Crippen LogP contribution in [0.25, 0.3) is 0 Å². The second kappa shape index (κ2) is 5.15. The molecule has 1 N–H and O–H groups in total. The summed E-state index contributed by atoms with van der Waals surface area (Å²) in [6.45, 7) is 8.94. The molecule has 2 amide bonds. The molecule has 0 aromatic heterocycles. The van der Waals surface area contributed by atoms with Crippen molar-refractivity contribution in [1.82, 2.24) is 4.90 Å². The Kier molecular flexibility index (Phi) is 4.18. The summed E-state index contributed by atoms with van der Waals surface area (Å²) >= 11 is 0. The topological polar surface area (TPSA) is 74.7 Å². The number of carbonyl (C=O) groups excluding carboxylic acids is 2. The van der Waals surface area contributed by atoms with Gasteiger partial charge < -0.3 is 5.11 Å². The Balaban J connectivity index is 2.86. The summed E-state index contributed by atoms with van der Waals surface area (Å²) in [4.78, 5) is 36.1. The third kappa shape index (κ3) is 3.43. The van der Waals surface area contributed by atoms with Crippen LogP contribution in [0.1, 0.15) is 41.0 Å². The zero-order valence-corrected chi connectivity index (χ0v) is 12.1. The number of hydrogen-bond donors (Lipinski definition) is 1. The summed E-state index contributed by atoms with van der Waals surface area (Å²) in [5, 5.41) is 9.24. The van der Waals surface area contributed by atoms with E-state index in [0.717, 1.165) is 4.90 Å². The number of carboxylic acid groups (broad SMARTS) is 1. The van der Waals surface area contributed by atoms with E-state index < -0.39 is 11.9 Å². The first-order valence-electron chi connectivity index (χ1n) is 6.31. The number of nitrogens with zero attached hydrogens (tertiary/aromatic N) is 1. The maximum absolute atomic E-state index is 11.9. The van der Waals surface area contributed by atoms with E-state index in [1.165, 1.54) is 0 Å². The highest BCUT2D eigenvalue weighted by molar-refractivity contribution is 6.18. The van der Waals surface area contributed by atoms with Crippen LogP contribution >= 0.6 is 0 Å². The summed E-state index contributed by atoms with van der Waals surface area (Å²) in [6.07, 6.45) is 0.414. The van der Waals surface area contributed by atoms with E-state index in [-0.39, 0.29) is 23.8 Å². The summed E-state index contributed by atoms with van der Waals surface area (Å²) < 4.78 is 0. The molecule has 0 aromatic rings. The van der Waals surface area contributed by atoms with E-state index in [1.807, 2.05) is 20.8 Å². The van der Waals surface area contributed by atoms with Crippen LogP contribution < -0.4 is 0 Å². The van der Waals surface area contributed by atoms with Gasteiger partial charge in [0.25, 0.3) is 11.8 Å². The molecule has 1 atom stereocenters. The Morgan fingerprint density at radius 3 is 1.89 bits per heavy atom. The Morgan fingerprint density at radius 2 is 1.58 bits per heavy atom. The summed E-state index contributed by atoms with van der Waals surface area (Å²) in [5.41, 5.74) is 0.640. The smallest absolute Gasteiger partial charge is 0.308 e. The highest BCUT2D eigenvalue weighted by Crippen LogP contribution is 2.27. The van der Waals surface area contributed by atoms with Crippen LogP contribution in [0.2, 0.25) is 0 Å². The zero-order chi connectivity index (χ0) is 15.0. The van der Waals surface area contributed by atoms with Gasteiger partial charge in [-0.2, -0.15) is 0 Å². The van der Waals surface area contributed by atoms with Gasteiger partial charge in [0.1, 0.15) is 0 Å². The Labute approximate surface area is 113 Å². The quantitative estimate of drug-likeness (QED) is 0.788. The Morgan fingerprint density at radius 1 is 1.16 bits per heavy atom. The average Bonchev–Trinajstić information content (AvgIpc) is 2.44. The lowest BCUT2D eigenvalue weighted by Gasteiger charge is -2.26. The van der Waals surface area contributed by atoms with Gasteiger partial charge in [-0.15, -0.1) is 0 Å². The molecular weight excluding hydrogens is 246 g/mol. The SMILES string of the molecule is CC1=C(C)C(=O)N(CC(CC(C)(C)C)C(=O)O)C1=O. The highest BCUT2D eigenvalue weighted by atomic mass is 16.4. The third-order valence-corrected chi connectivity index (χ3v) is 3.31. The molecule has 1 heterocycles. The largest absolute Gasteiger partial charge is 0.481 e. The lowest BCUT2D eigenvalue weighted by molar-refractivity contribution is -0.146. The lowest BCUT2D eigenvalue weighted by Crippen LogP contribution is -2.39. The molecule has 0 spiro atoms. The lowest BCUT2D eigenvalue weighted by atomic mass is 9.84. The number of carboxylic acids is 1. The van der Waals surface area contributed by atoms with Crippen LogP contribution in [0.4, 0.5) is 0 Å². The molecule has 106 valence electrons. The normalized spacial score (nSPS) is 18.3. The fraction of sp³-hybridized carbons (Fsp3) is 0.643. The van der Waals surface area contributed by atoms with Gasteiger partial charge in [0.15, 0.2) is 0 Å². The maximum Gasteiger partial charge on any atom is 0.308 e. The monoisotopic (exact) mass is 267 g/mol. The summed E-state index contributed by atoms with van der Waals surface area (Å²) in [7, 11) is 0. The highest BCUT2D eigenvalue weighted by Gasteiger charge is 2.37. The number of aliphatic carboxylic acids is 1. The second-order valence-corrected chi connectivity index (χ2v) is 6.27. The number of amides is 2. The minimum atomic E-state index is -0.974. The summed E-state index contributed by atoms with van der Waals surface area (Å²) in [5.74, 6) is -2.45. The van der Waals surface area contributed by atoms with Gasteiger partial charge in [0.2, 0.25) is 0 Å². The number of imide groups is 1. The number of hydrogen-bond acceptors (Lipinski definition) is 3. The van der Waals surface area contributed by atoms with Crippen LogP contribution in [-0.4, -0.2) is 34.3 Å². The van der Waals surface area contributed by atoms with Gasteiger partial charge in [-0.05, 0) is 25.7 Å². The molecule has 1 rings (SSSR count). The molecule has 0 radical (unpaired) electrons. The molecule has 0 aromatic carbocycles. The van der Waals surface area contributed by atoms with Crippen molar-refractivity contribution in [3.63, 3.8) is 0 Å². The van der Waals surface area contributed by atoms with Gasteiger partial charge >= 0.3 is 5.97 Å². The van der Waals surface area contributed by atoms with Crippen LogP contribution in [0.3, 0.4) is 0 Å². The Bertz CT molecular complexity index is 433. The minimum Gasteiger partial charge on any atom is -0.481 e. The van der Waals surface area contributed by atoms with E-state index in [2.05, 4.69) is 0 Å². The molecule has 19 heavy (non-hydrogen) atoms. The van der Waals surface area contributed by atoms with Gasteiger partial charge in [-0.1, -0.05) is 20.8 Å². The van der Waals surface area contributed by atoms with Crippen molar-refractivity contribution in [2.75, 3.05) is 6.54 Å². The van der Waals surface area contributed by atoms with Crippen molar-refractivity contribution in [3.05, 3.63) is 11.1 Å². The molecular formula is C14H21NO4. The van der Waals surface area contributed by atoms with E-state index in [1.54, 1.807) is 13.8 Å². The van der Waals surface area contributed by atoms with Crippen molar-refractivity contribution in [1.29, 1.82) is 0 Å². The number of carbonyl (C=O) groups is 3.